The van der Waals surface area contributed by atoms with Gasteiger partial charge in [0.15, 0.2) is 0 Å². The molecule has 6 nitrogen and oxygen atoms in total. The van der Waals surface area contributed by atoms with Gasteiger partial charge in [0.25, 0.3) is 11.1 Å². The summed E-state index contributed by atoms with van der Waals surface area (Å²) in [6, 6.07) is 21.3. The van der Waals surface area contributed by atoms with Gasteiger partial charge in [0.1, 0.15) is 6.54 Å². The first-order valence-electron chi connectivity index (χ1n) is 12.2. The van der Waals surface area contributed by atoms with E-state index in [4.69, 9.17) is 11.6 Å². The summed E-state index contributed by atoms with van der Waals surface area (Å²) < 4.78 is 2.16. The van der Waals surface area contributed by atoms with E-state index in [9.17, 15) is 14.4 Å². The number of carbonyl (C=O) groups is 3. The lowest BCUT2D eigenvalue weighted by molar-refractivity contribution is -0.127. The number of aromatic nitrogens is 1. The maximum Gasteiger partial charge on any atom is 0.294 e. The molecule has 8 heteroatoms. The van der Waals surface area contributed by atoms with E-state index in [0.717, 1.165) is 55.5 Å². The number of rotatable bonds is 6. The summed E-state index contributed by atoms with van der Waals surface area (Å²) in [6.45, 7) is 6.09. The minimum Gasteiger partial charge on any atom is -0.340 e. The molecule has 0 saturated carbocycles. The Morgan fingerprint density at radius 3 is 2.50 bits per heavy atom. The zero-order chi connectivity index (χ0) is 27.0. The molecule has 0 atom stereocenters. The number of benzene rings is 3. The number of halogens is 1. The third-order valence-electron chi connectivity index (χ3n) is 6.67. The first kappa shape index (κ1) is 25.8. The number of imide groups is 1. The molecule has 1 aliphatic heterocycles. The maximum atomic E-state index is 13.2. The van der Waals surface area contributed by atoms with Crippen molar-refractivity contribution in [2.24, 2.45) is 0 Å². The lowest BCUT2D eigenvalue weighted by atomic mass is 10.1. The fraction of sp³-hybridized carbons (Fsp3) is 0.167. The third kappa shape index (κ3) is 4.99. The monoisotopic (exact) mass is 543 g/mol. The number of hydrogen-bond donors (Lipinski definition) is 1. The van der Waals surface area contributed by atoms with Crippen molar-refractivity contribution in [1.29, 1.82) is 0 Å². The number of nitrogens with zero attached hydrogens (tertiary/aromatic N) is 2. The van der Waals surface area contributed by atoms with E-state index in [2.05, 4.69) is 9.88 Å². The molecule has 5 rings (SSSR count). The number of para-hydroxylation sites is 1. The third-order valence-corrected chi connectivity index (χ3v) is 7.95. The molecule has 0 aliphatic carbocycles. The standard InChI is InChI=1S/C30H26ClN3O3S/c1-18-12-13-25(19(2)14-18)32-28(35)17-34-29(36)27(38-30(34)37)15-23-20(3)33(26-11-7-5-9-22(23)26)16-21-8-4-6-10-24(21)31/h4-15H,16-17H2,1-3H3,(H,32,35)/b27-15-. The summed E-state index contributed by atoms with van der Waals surface area (Å²) in [7, 11) is 0. The van der Waals surface area contributed by atoms with Crippen molar-refractivity contribution >= 4 is 63.1 Å². The second kappa shape index (κ2) is 10.5. The van der Waals surface area contributed by atoms with Crippen LogP contribution in [-0.2, 0) is 16.1 Å². The van der Waals surface area contributed by atoms with E-state index in [-0.39, 0.29) is 11.4 Å². The lowest BCUT2D eigenvalue weighted by Gasteiger charge is -2.14. The van der Waals surface area contributed by atoms with E-state index < -0.39 is 17.1 Å². The maximum absolute atomic E-state index is 13.2. The van der Waals surface area contributed by atoms with Gasteiger partial charge in [0.2, 0.25) is 5.91 Å². The molecular weight excluding hydrogens is 518 g/mol. The van der Waals surface area contributed by atoms with Crippen molar-refractivity contribution in [3.8, 4) is 0 Å². The summed E-state index contributed by atoms with van der Waals surface area (Å²) in [5, 5.41) is 4.00. The van der Waals surface area contributed by atoms with Gasteiger partial charge in [-0.3, -0.25) is 19.3 Å². The molecule has 0 spiro atoms. The number of anilines is 1. The Bertz CT molecular complexity index is 1640. The van der Waals surface area contributed by atoms with Crippen LogP contribution in [0.3, 0.4) is 0 Å². The number of nitrogens with one attached hydrogen (secondary N) is 1. The highest BCUT2D eigenvalue weighted by Crippen LogP contribution is 2.36. The second-order valence-electron chi connectivity index (χ2n) is 9.33. The molecule has 1 aromatic heterocycles. The van der Waals surface area contributed by atoms with Gasteiger partial charge in [-0.05, 0) is 67.9 Å². The van der Waals surface area contributed by atoms with Crippen LogP contribution in [-0.4, -0.2) is 33.1 Å². The molecule has 1 fully saturated rings. The van der Waals surface area contributed by atoms with Crippen molar-refractivity contribution in [2.75, 3.05) is 11.9 Å². The molecule has 2 heterocycles. The number of amides is 3. The van der Waals surface area contributed by atoms with Gasteiger partial charge in [0.05, 0.1) is 4.91 Å². The number of carbonyl (C=O) groups excluding carboxylic acids is 3. The summed E-state index contributed by atoms with van der Waals surface area (Å²) in [6.07, 6.45) is 1.76. The van der Waals surface area contributed by atoms with Crippen molar-refractivity contribution in [3.63, 3.8) is 0 Å². The van der Waals surface area contributed by atoms with Crippen LogP contribution in [0.1, 0.15) is 27.9 Å². The first-order valence-corrected chi connectivity index (χ1v) is 13.4. The van der Waals surface area contributed by atoms with E-state index in [0.29, 0.717) is 17.3 Å². The van der Waals surface area contributed by atoms with Crippen LogP contribution in [0.2, 0.25) is 5.02 Å². The summed E-state index contributed by atoms with van der Waals surface area (Å²) in [5.74, 6) is -0.897. The highest BCUT2D eigenvalue weighted by molar-refractivity contribution is 8.18. The van der Waals surface area contributed by atoms with E-state index >= 15 is 0 Å². The lowest BCUT2D eigenvalue weighted by Crippen LogP contribution is -2.36. The van der Waals surface area contributed by atoms with Crippen molar-refractivity contribution in [1.82, 2.24) is 9.47 Å². The fourth-order valence-electron chi connectivity index (χ4n) is 4.70. The van der Waals surface area contributed by atoms with Crippen molar-refractivity contribution < 1.29 is 14.4 Å². The molecule has 0 bridgehead atoms. The van der Waals surface area contributed by atoms with Crippen LogP contribution < -0.4 is 5.32 Å². The Morgan fingerprint density at radius 1 is 1.00 bits per heavy atom. The van der Waals surface area contributed by atoms with Gasteiger partial charge in [-0.25, -0.2) is 0 Å². The molecule has 0 radical (unpaired) electrons. The zero-order valence-corrected chi connectivity index (χ0v) is 22.8. The van der Waals surface area contributed by atoms with E-state index in [1.54, 1.807) is 6.08 Å². The fourth-order valence-corrected chi connectivity index (χ4v) is 5.71. The second-order valence-corrected chi connectivity index (χ2v) is 10.7. The largest absolute Gasteiger partial charge is 0.340 e. The number of aryl methyl sites for hydroxylation is 2. The van der Waals surface area contributed by atoms with Crippen molar-refractivity contribution in [2.45, 2.75) is 27.3 Å². The van der Waals surface area contributed by atoms with Gasteiger partial charge in [-0.15, -0.1) is 0 Å². The number of thioether (sulfide) groups is 1. The average molecular weight is 544 g/mol. The van der Waals surface area contributed by atoms with Gasteiger partial charge >= 0.3 is 0 Å². The summed E-state index contributed by atoms with van der Waals surface area (Å²) >= 11 is 7.28. The van der Waals surface area contributed by atoms with Gasteiger partial charge in [0, 0.05) is 39.4 Å². The smallest absolute Gasteiger partial charge is 0.294 e. The highest BCUT2D eigenvalue weighted by atomic mass is 35.5. The predicted octanol–water partition coefficient (Wildman–Crippen LogP) is 6.94. The SMILES string of the molecule is Cc1ccc(NC(=O)CN2C(=O)S/C(=C\c3c(C)n(Cc4ccccc4Cl)c4ccccc34)C2=O)c(C)c1. The van der Waals surface area contributed by atoms with E-state index in [1.165, 1.54) is 0 Å². The molecule has 4 aromatic rings. The normalized spacial score (nSPS) is 14.6. The van der Waals surface area contributed by atoms with Crippen LogP contribution in [0, 0.1) is 20.8 Å². The Labute approximate surface area is 230 Å². The van der Waals surface area contributed by atoms with Gasteiger partial charge in [-0.2, -0.15) is 0 Å². The Morgan fingerprint density at radius 2 is 1.74 bits per heavy atom. The summed E-state index contributed by atoms with van der Waals surface area (Å²) in [5.41, 5.74) is 6.45. The minimum atomic E-state index is -0.474. The molecule has 3 amide bonds. The van der Waals surface area contributed by atoms with Crippen molar-refractivity contribution in [3.05, 3.63) is 105 Å². The van der Waals surface area contributed by atoms with Crippen LogP contribution in [0.25, 0.3) is 17.0 Å². The van der Waals surface area contributed by atoms with E-state index in [1.807, 2.05) is 87.5 Å². The van der Waals surface area contributed by atoms with Crippen LogP contribution in [0.4, 0.5) is 10.5 Å². The van der Waals surface area contributed by atoms with Gasteiger partial charge < -0.3 is 9.88 Å². The predicted molar refractivity (Wildman–Crippen MR) is 154 cm³/mol. The summed E-state index contributed by atoms with van der Waals surface area (Å²) in [4.78, 5) is 39.9. The molecule has 0 unspecified atom stereocenters. The molecule has 1 saturated heterocycles. The Kier molecular flexibility index (Phi) is 7.15. The molecule has 1 aliphatic rings. The first-order chi connectivity index (χ1) is 18.2. The zero-order valence-electron chi connectivity index (χ0n) is 21.2. The molecule has 38 heavy (non-hydrogen) atoms. The minimum absolute atomic E-state index is 0.290. The molecular formula is C30H26ClN3O3S. The van der Waals surface area contributed by atoms with Gasteiger partial charge in [-0.1, -0.05) is 65.7 Å². The Hall–Kier alpha value is -3.81. The number of fused-ring (bicyclic) bond motifs is 1. The van der Waals surface area contributed by atoms with Crippen LogP contribution in [0.15, 0.2) is 71.6 Å². The Balaban J connectivity index is 1.42. The quantitative estimate of drug-likeness (QED) is 0.267. The number of hydrogen-bond acceptors (Lipinski definition) is 4. The highest BCUT2D eigenvalue weighted by Gasteiger charge is 2.36. The van der Waals surface area contributed by atoms with Crippen LogP contribution >= 0.6 is 23.4 Å². The molecule has 1 N–H and O–H groups in total. The molecule has 192 valence electrons. The average Bonchev–Trinajstić information content (AvgIpc) is 3.30. The topological polar surface area (TPSA) is 71.4 Å². The molecule has 3 aromatic carbocycles. The van der Waals surface area contributed by atoms with Crippen LogP contribution in [0.5, 0.6) is 0 Å².